The number of rotatable bonds is 5. The molecular weight excluding hydrogens is 571 g/mol. The van der Waals surface area contributed by atoms with Gasteiger partial charge in [0, 0.05) is 45.7 Å². The van der Waals surface area contributed by atoms with Gasteiger partial charge in [0.15, 0.2) is 0 Å². The maximum Gasteiger partial charge on any atom is 0.416 e. The number of aromatic nitrogens is 2. The van der Waals surface area contributed by atoms with Crippen LogP contribution in [0.5, 0.6) is 0 Å². The first-order valence-corrected chi connectivity index (χ1v) is 12.5. The van der Waals surface area contributed by atoms with Crippen molar-refractivity contribution in [3.8, 4) is 0 Å². The highest BCUT2D eigenvalue weighted by Gasteiger charge is 2.41. The summed E-state index contributed by atoms with van der Waals surface area (Å²) in [5.74, 6) is -2.91. The van der Waals surface area contributed by atoms with Crippen LogP contribution in [0.4, 0.5) is 49.5 Å². The fourth-order valence-electron chi connectivity index (χ4n) is 5.13. The first kappa shape index (κ1) is 26.6. The molecule has 1 atom stereocenters. The minimum Gasteiger partial charge on any atom is -0.353 e. The first-order chi connectivity index (χ1) is 19.5. The number of halogens is 6. The molecule has 3 amide bonds. The number of urea groups is 1. The molecule has 14 heteroatoms. The number of alkyl halides is 3. The van der Waals surface area contributed by atoms with E-state index in [4.69, 9.17) is 11.6 Å². The summed E-state index contributed by atoms with van der Waals surface area (Å²) < 4.78 is 68.5. The van der Waals surface area contributed by atoms with E-state index in [1.807, 2.05) is 0 Å². The maximum absolute atomic E-state index is 14.3. The number of carbonyl (C=O) groups excluding carboxylic acids is 2. The minimum absolute atomic E-state index is 0.0785. The Kier molecular flexibility index (Phi) is 6.33. The number of carbonyl (C=O) groups is 2. The van der Waals surface area contributed by atoms with Gasteiger partial charge in [0.05, 0.1) is 34.9 Å². The van der Waals surface area contributed by atoms with Gasteiger partial charge >= 0.3 is 12.2 Å². The number of aromatic amines is 1. The third-order valence-electron chi connectivity index (χ3n) is 6.88. The van der Waals surface area contributed by atoms with Crippen LogP contribution >= 0.6 is 11.6 Å². The van der Waals surface area contributed by atoms with E-state index < -0.39 is 46.9 Å². The lowest BCUT2D eigenvalue weighted by atomic mass is 9.90. The monoisotopic (exact) mass is 588 g/mol. The summed E-state index contributed by atoms with van der Waals surface area (Å²) in [5, 5.41) is 15.2. The van der Waals surface area contributed by atoms with Gasteiger partial charge in [-0.1, -0.05) is 11.6 Å². The smallest absolute Gasteiger partial charge is 0.353 e. The van der Waals surface area contributed by atoms with Crippen molar-refractivity contribution < 1.29 is 31.5 Å². The zero-order valence-electron chi connectivity index (χ0n) is 20.7. The van der Waals surface area contributed by atoms with Crippen LogP contribution in [0.3, 0.4) is 0 Å². The van der Waals surface area contributed by atoms with Crippen LogP contribution in [0.2, 0.25) is 5.02 Å². The van der Waals surface area contributed by atoms with Gasteiger partial charge in [-0.05, 0) is 48.9 Å². The Morgan fingerprint density at radius 1 is 1.07 bits per heavy atom. The number of H-pyrrole nitrogens is 1. The molecule has 4 N–H and O–H groups in total. The van der Waals surface area contributed by atoms with Gasteiger partial charge in [-0.25, -0.2) is 13.6 Å². The van der Waals surface area contributed by atoms with Crippen molar-refractivity contribution in [2.24, 2.45) is 0 Å². The molecule has 210 valence electrons. The second-order valence-electron chi connectivity index (χ2n) is 9.45. The van der Waals surface area contributed by atoms with Gasteiger partial charge in [-0.15, -0.1) is 0 Å². The molecule has 0 saturated carbocycles. The largest absolute Gasteiger partial charge is 0.416 e. The van der Waals surface area contributed by atoms with E-state index in [-0.39, 0.29) is 28.9 Å². The number of nitrogens with zero attached hydrogens (tertiary/aromatic N) is 2. The van der Waals surface area contributed by atoms with Crippen LogP contribution in [0.1, 0.15) is 38.7 Å². The molecule has 3 aromatic carbocycles. The summed E-state index contributed by atoms with van der Waals surface area (Å²) in [5.41, 5.74) is 0.881. The second kappa shape index (κ2) is 9.77. The Morgan fingerprint density at radius 2 is 1.88 bits per heavy atom. The minimum atomic E-state index is -4.89. The van der Waals surface area contributed by atoms with Crippen LogP contribution in [-0.2, 0) is 12.6 Å². The highest BCUT2D eigenvalue weighted by molar-refractivity contribution is 6.31. The van der Waals surface area contributed by atoms with E-state index in [1.165, 1.54) is 17.2 Å². The summed E-state index contributed by atoms with van der Waals surface area (Å²) in [6.07, 6.45) is -1.38. The zero-order chi connectivity index (χ0) is 29.1. The quantitative estimate of drug-likeness (QED) is 0.199. The number of anilines is 4. The molecule has 4 aromatic rings. The third kappa shape index (κ3) is 4.82. The Morgan fingerprint density at radius 3 is 2.61 bits per heavy atom. The Bertz CT molecular complexity index is 1710. The first-order valence-electron chi connectivity index (χ1n) is 12.2. The third-order valence-corrected chi connectivity index (χ3v) is 7.23. The topological polar surface area (TPSA) is 102 Å². The SMILES string of the molecule is O=C(Nc1cc(Nc2cn[nH]c2)c2c3c1C(c1cc(F)ccc1Cl)NC(=O)N3CC2)c1cc(F)cc(C(F)(F)F)c1. The average molecular weight is 589 g/mol. The van der Waals surface area contributed by atoms with Crippen LogP contribution < -0.4 is 20.9 Å². The van der Waals surface area contributed by atoms with Crippen LogP contribution in [0.15, 0.2) is 54.9 Å². The van der Waals surface area contributed by atoms with Gasteiger partial charge in [0.1, 0.15) is 11.6 Å². The lowest BCUT2D eigenvalue weighted by molar-refractivity contribution is -0.137. The molecule has 2 aliphatic rings. The standard InChI is InChI=1S/C27H18ClF5N6O2/c28-19-2-1-14(29)8-18(19)23-22-21(37-25(40)12-5-13(27(31,32)33)7-15(30)6-12)9-20(36-16-10-34-35-11-16)17-3-4-39(24(17)22)26(41)38-23/h1-2,5-11,23,36H,3-4H2,(H,34,35)(H,37,40)(H,38,41). The van der Waals surface area contributed by atoms with Crippen LogP contribution in [0.25, 0.3) is 0 Å². The molecule has 1 unspecified atom stereocenters. The predicted octanol–water partition coefficient (Wildman–Crippen LogP) is 6.53. The average Bonchev–Trinajstić information content (AvgIpc) is 3.59. The zero-order valence-corrected chi connectivity index (χ0v) is 21.4. The lowest BCUT2D eigenvalue weighted by Crippen LogP contribution is -2.46. The number of benzene rings is 3. The molecular formula is C27H18ClF5N6O2. The van der Waals surface area contributed by atoms with Crippen molar-refractivity contribution >= 4 is 46.3 Å². The summed E-state index contributed by atoms with van der Waals surface area (Å²) >= 11 is 6.40. The van der Waals surface area contributed by atoms with Crippen molar-refractivity contribution in [3.63, 3.8) is 0 Å². The Balaban J connectivity index is 1.53. The number of hydrogen-bond acceptors (Lipinski definition) is 4. The second-order valence-corrected chi connectivity index (χ2v) is 9.86. The summed E-state index contributed by atoms with van der Waals surface area (Å²) in [6.45, 7) is 0.286. The molecule has 3 heterocycles. The lowest BCUT2D eigenvalue weighted by Gasteiger charge is -2.35. The highest BCUT2D eigenvalue weighted by Crippen LogP contribution is 2.49. The van der Waals surface area contributed by atoms with Crippen LogP contribution in [0, 0.1) is 11.6 Å². The highest BCUT2D eigenvalue weighted by atomic mass is 35.5. The summed E-state index contributed by atoms with van der Waals surface area (Å²) in [4.78, 5) is 27.9. The van der Waals surface area contributed by atoms with E-state index >= 15 is 0 Å². The summed E-state index contributed by atoms with van der Waals surface area (Å²) in [6, 6.07) is 5.15. The van der Waals surface area contributed by atoms with Gasteiger partial charge in [-0.3, -0.25) is 14.8 Å². The number of amides is 3. The Labute approximate surface area is 233 Å². The van der Waals surface area contributed by atoms with Gasteiger partial charge < -0.3 is 16.0 Å². The van der Waals surface area contributed by atoms with Crippen molar-refractivity contribution in [1.29, 1.82) is 0 Å². The fraction of sp³-hybridized carbons (Fsp3) is 0.148. The van der Waals surface area contributed by atoms with Crippen molar-refractivity contribution in [2.75, 3.05) is 22.1 Å². The van der Waals surface area contributed by atoms with Crippen molar-refractivity contribution in [2.45, 2.75) is 18.6 Å². The molecule has 1 aromatic heterocycles. The molecule has 8 nitrogen and oxygen atoms in total. The summed E-state index contributed by atoms with van der Waals surface area (Å²) in [7, 11) is 0. The number of hydrogen-bond donors (Lipinski definition) is 4. The number of nitrogens with one attached hydrogen (secondary N) is 4. The molecule has 2 aliphatic heterocycles. The molecule has 41 heavy (non-hydrogen) atoms. The fourth-order valence-corrected chi connectivity index (χ4v) is 5.36. The Hall–Kier alpha value is -4.65. The van der Waals surface area contributed by atoms with Crippen molar-refractivity contribution in [1.82, 2.24) is 15.5 Å². The van der Waals surface area contributed by atoms with Gasteiger partial charge in [-0.2, -0.15) is 18.3 Å². The molecule has 0 radical (unpaired) electrons. The van der Waals surface area contributed by atoms with E-state index in [0.717, 1.165) is 12.1 Å². The molecule has 0 saturated heterocycles. The molecule has 0 aliphatic carbocycles. The van der Waals surface area contributed by atoms with Gasteiger partial charge in [0.25, 0.3) is 5.91 Å². The van der Waals surface area contributed by atoms with Gasteiger partial charge in [0.2, 0.25) is 0 Å². The van der Waals surface area contributed by atoms with E-state index in [0.29, 0.717) is 46.7 Å². The van der Waals surface area contributed by atoms with E-state index in [9.17, 15) is 31.5 Å². The van der Waals surface area contributed by atoms with Crippen LogP contribution in [-0.4, -0.2) is 28.7 Å². The molecule has 0 spiro atoms. The van der Waals surface area contributed by atoms with E-state index in [1.54, 1.807) is 12.3 Å². The molecule has 0 fully saturated rings. The van der Waals surface area contributed by atoms with E-state index in [2.05, 4.69) is 26.1 Å². The normalized spacial score (nSPS) is 15.9. The predicted molar refractivity (Wildman–Crippen MR) is 141 cm³/mol. The van der Waals surface area contributed by atoms with Crippen molar-refractivity contribution in [3.05, 3.63) is 99.3 Å². The molecule has 0 bridgehead atoms. The maximum atomic E-state index is 14.3. The molecule has 6 rings (SSSR count).